The standard InChI is InChI=1S/C15H14N2O2S/c1-10-14(13-3-2-8-19-13)17(15(18)20-10)9-11-4-6-12(16)7-5-11/h2-8H,9,16H2,1H3. The summed E-state index contributed by atoms with van der Waals surface area (Å²) in [5, 5.41) is 0. The van der Waals surface area contributed by atoms with Crippen molar-refractivity contribution in [1.82, 2.24) is 4.57 Å². The van der Waals surface area contributed by atoms with Gasteiger partial charge in [0.15, 0.2) is 5.76 Å². The first-order valence-corrected chi connectivity index (χ1v) is 7.05. The van der Waals surface area contributed by atoms with Crippen LogP contribution in [0.3, 0.4) is 0 Å². The third-order valence-corrected chi connectivity index (χ3v) is 4.03. The minimum atomic E-state index is 0.0192. The molecule has 0 saturated heterocycles. The van der Waals surface area contributed by atoms with Gasteiger partial charge in [-0.2, -0.15) is 0 Å². The molecule has 3 rings (SSSR count). The third-order valence-electron chi connectivity index (χ3n) is 3.14. The fourth-order valence-electron chi connectivity index (χ4n) is 2.18. The largest absolute Gasteiger partial charge is 0.463 e. The van der Waals surface area contributed by atoms with Crippen LogP contribution in [0, 0.1) is 6.92 Å². The number of nitrogens with two attached hydrogens (primary N) is 1. The van der Waals surface area contributed by atoms with Crippen LogP contribution in [0.4, 0.5) is 5.69 Å². The highest BCUT2D eigenvalue weighted by Gasteiger charge is 2.16. The number of aryl methyl sites for hydroxylation is 1. The van der Waals surface area contributed by atoms with Crippen LogP contribution in [0.15, 0.2) is 51.9 Å². The van der Waals surface area contributed by atoms with Crippen molar-refractivity contribution < 1.29 is 4.42 Å². The molecule has 2 aromatic heterocycles. The van der Waals surface area contributed by atoms with Gasteiger partial charge < -0.3 is 10.2 Å². The summed E-state index contributed by atoms with van der Waals surface area (Å²) in [5.74, 6) is 0.719. The average molecular weight is 286 g/mol. The van der Waals surface area contributed by atoms with Crippen LogP contribution in [-0.4, -0.2) is 4.57 Å². The molecule has 2 heterocycles. The first-order chi connectivity index (χ1) is 9.65. The predicted molar refractivity (Wildman–Crippen MR) is 81.0 cm³/mol. The molecule has 4 nitrogen and oxygen atoms in total. The van der Waals surface area contributed by atoms with Crippen molar-refractivity contribution in [2.75, 3.05) is 5.73 Å². The molecule has 0 aliphatic rings. The van der Waals surface area contributed by atoms with Crippen molar-refractivity contribution in [3.05, 3.63) is 62.8 Å². The van der Waals surface area contributed by atoms with E-state index in [1.807, 2.05) is 43.3 Å². The van der Waals surface area contributed by atoms with Crippen molar-refractivity contribution in [1.29, 1.82) is 0 Å². The number of anilines is 1. The highest BCUT2D eigenvalue weighted by Crippen LogP contribution is 2.26. The molecular formula is C15H14N2O2S. The van der Waals surface area contributed by atoms with Gasteiger partial charge in [-0.1, -0.05) is 23.5 Å². The topological polar surface area (TPSA) is 61.2 Å². The lowest BCUT2D eigenvalue weighted by Gasteiger charge is -2.07. The van der Waals surface area contributed by atoms with Gasteiger partial charge in [0.2, 0.25) is 0 Å². The summed E-state index contributed by atoms with van der Waals surface area (Å²) in [6.45, 7) is 2.45. The van der Waals surface area contributed by atoms with Crippen molar-refractivity contribution >= 4 is 17.0 Å². The smallest absolute Gasteiger partial charge is 0.308 e. The Labute approximate surface area is 120 Å². The fraction of sp³-hybridized carbons (Fsp3) is 0.133. The van der Waals surface area contributed by atoms with E-state index < -0.39 is 0 Å². The first-order valence-electron chi connectivity index (χ1n) is 6.23. The van der Waals surface area contributed by atoms with E-state index in [4.69, 9.17) is 10.2 Å². The van der Waals surface area contributed by atoms with Gasteiger partial charge in [0, 0.05) is 10.6 Å². The SMILES string of the molecule is Cc1sc(=O)n(Cc2ccc(N)cc2)c1-c1ccco1. The van der Waals surface area contributed by atoms with E-state index >= 15 is 0 Å². The van der Waals surface area contributed by atoms with Gasteiger partial charge in [-0.25, -0.2) is 0 Å². The highest BCUT2D eigenvalue weighted by molar-refractivity contribution is 7.09. The van der Waals surface area contributed by atoms with Crippen LogP contribution in [0.2, 0.25) is 0 Å². The number of rotatable bonds is 3. The summed E-state index contributed by atoms with van der Waals surface area (Å²) < 4.78 is 7.18. The van der Waals surface area contributed by atoms with E-state index in [9.17, 15) is 4.79 Å². The fourth-order valence-corrected chi connectivity index (χ4v) is 3.02. The molecule has 0 aliphatic carbocycles. The Morgan fingerprint density at radius 2 is 2.00 bits per heavy atom. The molecular weight excluding hydrogens is 272 g/mol. The molecule has 20 heavy (non-hydrogen) atoms. The van der Waals surface area contributed by atoms with Crippen molar-refractivity contribution in [3.8, 4) is 11.5 Å². The molecule has 0 unspecified atom stereocenters. The number of aromatic nitrogens is 1. The zero-order valence-corrected chi connectivity index (χ0v) is 11.8. The molecule has 5 heteroatoms. The number of furan rings is 1. The second-order valence-corrected chi connectivity index (χ2v) is 5.74. The molecule has 0 spiro atoms. The second kappa shape index (κ2) is 5.02. The Hall–Kier alpha value is -2.27. The van der Waals surface area contributed by atoms with Crippen molar-refractivity contribution in [3.63, 3.8) is 0 Å². The quantitative estimate of drug-likeness (QED) is 0.752. The van der Waals surface area contributed by atoms with Crippen LogP contribution in [-0.2, 0) is 6.54 Å². The number of thiazole rings is 1. The lowest BCUT2D eigenvalue weighted by atomic mass is 10.2. The zero-order chi connectivity index (χ0) is 14.1. The average Bonchev–Trinajstić information content (AvgIpc) is 3.01. The van der Waals surface area contributed by atoms with Gasteiger partial charge in [0.25, 0.3) is 0 Å². The molecule has 0 amide bonds. The van der Waals surface area contributed by atoms with Gasteiger partial charge in [-0.15, -0.1) is 0 Å². The van der Waals surface area contributed by atoms with E-state index in [0.29, 0.717) is 12.2 Å². The Morgan fingerprint density at radius 3 is 2.65 bits per heavy atom. The third kappa shape index (κ3) is 2.28. The maximum absolute atomic E-state index is 12.1. The van der Waals surface area contributed by atoms with Crippen LogP contribution < -0.4 is 10.6 Å². The molecule has 1 aromatic carbocycles. The lowest BCUT2D eigenvalue weighted by Crippen LogP contribution is -2.15. The van der Waals surface area contributed by atoms with Crippen LogP contribution in [0.5, 0.6) is 0 Å². The van der Waals surface area contributed by atoms with Gasteiger partial charge in [0.05, 0.1) is 12.8 Å². The molecule has 102 valence electrons. The molecule has 0 saturated carbocycles. The van der Waals surface area contributed by atoms with Crippen molar-refractivity contribution in [2.24, 2.45) is 0 Å². The second-order valence-electron chi connectivity index (χ2n) is 4.58. The maximum atomic E-state index is 12.1. The Balaban J connectivity index is 2.05. The zero-order valence-electron chi connectivity index (χ0n) is 11.0. The molecule has 0 fully saturated rings. The minimum Gasteiger partial charge on any atom is -0.463 e. The number of hydrogen-bond acceptors (Lipinski definition) is 4. The summed E-state index contributed by atoms with van der Waals surface area (Å²) in [6.07, 6.45) is 1.62. The van der Waals surface area contributed by atoms with Gasteiger partial charge >= 0.3 is 4.87 Å². The molecule has 0 atom stereocenters. The number of benzene rings is 1. The maximum Gasteiger partial charge on any atom is 0.308 e. The highest BCUT2D eigenvalue weighted by atomic mass is 32.1. The molecule has 0 bridgehead atoms. The van der Waals surface area contributed by atoms with Crippen LogP contribution >= 0.6 is 11.3 Å². The van der Waals surface area contributed by atoms with Crippen molar-refractivity contribution in [2.45, 2.75) is 13.5 Å². The van der Waals surface area contributed by atoms with E-state index in [2.05, 4.69) is 0 Å². The summed E-state index contributed by atoms with van der Waals surface area (Å²) in [7, 11) is 0. The lowest BCUT2D eigenvalue weighted by molar-refractivity contribution is 0.573. The molecule has 3 aromatic rings. The summed E-state index contributed by atoms with van der Waals surface area (Å²) in [5.41, 5.74) is 8.28. The predicted octanol–water partition coefficient (Wildman–Crippen LogP) is 3.11. The Kier molecular flexibility index (Phi) is 3.20. The van der Waals surface area contributed by atoms with E-state index in [0.717, 1.165) is 21.9 Å². The van der Waals surface area contributed by atoms with Gasteiger partial charge in [0.1, 0.15) is 5.69 Å². The Morgan fingerprint density at radius 1 is 1.25 bits per heavy atom. The normalized spacial score (nSPS) is 10.8. The van der Waals surface area contributed by atoms with Gasteiger partial charge in [-0.05, 0) is 36.8 Å². The summed E-state index contributed by atoms with van der Waals surface area (Å²) in [6, 6.07) is 11.2. The number of hydrogen-bond donors (Lipinski definition) is 1. The minimum absolute atomic E-state index is 0.0192. The van der Waals surface area contributed by atoms with E-state index in [1.54, 1.807) is 10.8 Å². The summed E-state index contributed by atoms with van der Waals surface area (Å²) in [4.78, 5) is 13.1. The van der Waals surface area contributed by atoms with E-state index in [1.165, 1.54) is 11.3 Å². The molecule has 0 aliphatic heterocycles. The molecule has 0 radical (unpaired) electrons. The number of nitrogen functional groups attached to an aromatic ring is 1. The Bertz CT molecular complexity index is 767. The van der Waals surface area contributed by atoms with Crippen LogP contribution in [0.1, 0.15) is 10.4 Å². The van der Waals surface area contributed by atoms with Crippen LogP contribution in [0.25, 0.3) is 11.5 Å². The monoisotopic (exact) mass is 286 g/mol. The summed E-state index contributed by atoms with van der Waals surface area (Å²) >= 11 is 1.24. The first kappa shape index (κ1) is 12.7. The number of nitrogens with zero attached hydrogens (tertiary/aromatic N) is 1. The molecule has 2 N–H and O–H groups in total. The van der Waals surface area contributed by atoms with E-state index in [-0.39, 0.29) is 4.87 Å². The van der Waals surface area contributed by atoms with Gasteiger partial charge in [-0.3, -0.25) is 9.36 Å².